The number of carboxylic acid groups (broad SMARTS) is 1. The van der Waals surface area contributed by atoms with Crippen LogP contribution in [0.4, 0.5) is 4.39 Å². The molecule has 2 atom stereocenters. The fraction of sp³-hybridized carbons (Fsp3) is 0.286. The van der Waals surface area contributed by atoms with Gasteiger partial charge in [0.2, 0.25) is 5.91 Å². The van der Waals surface area contributed by atoms with E-state index >= 15 is 0 Å². The van der Waals surface area contributed by atoms with E-state index in [1.165, 1.54) is 12.1 Å². The summed E-state index contributed by atoms with van der Waals surface area (Å²) in [6, 6.07) is 24.8. The molecule has 3 aromatic carbocycles. The third-order valence-electron chi connectivity index (χ3n) is 6.22. The summed E-state index contributed by atoms with van der Waals surface area (Å²) < 4.78 is 13.1. The van der Waals surface area contributed by atoms with Crippen LogP contribution >= 0.6 is 11.8 Å². The van der Waals surface area contributed by atoms with Crippen LogP contribution in [0.15, 0.2) is 84.9 Å². The largest absolute Gasteiger partial charge is 0.480 e. The summed E-state index contributed by atoms with van der Waals surface area (Å²) in [5.74, 6) is -1.04. The van der Waals surface area contributed by atoms with E-state index in [-0.39, 0.29) is 17.0 Å². The van der Waals surface area contributed by atoms with Gasteiger partial charge >= 0.3 is 5.97 Å². The van der Waals surface area contributed by atoms with Crippen LogP contribution in [0, 0.1) is 5.82 Å². The van der Waals surface area contributed by atoms with Gasteiger partial charge in [-0.15, -0.1) is 0 Å². The van der Waals surface area contributed by atoms with Gasteiger partial charge in [0.25, 0.3) is 0 Å². The van der Waals surface area contributed by atoms with Gasteiger partial charge in [0, 0.05) is 11.8 Å². The summed E-state index contributed by atoms with van der Waals surface area (Å²) in [6.07, 6.45) is 2.20. The molecule has 0 saturated carbocycles. The number of likely N-dealkylation sites (tertiary alicyclic amines) is 1. The lowest BCUT2D eigenvalue weighted by molar-refractivity contribution is -0.148. The van der Waals surface area contributed by atoms with Crippen LogP contribution in [0.5, 0.6) is 0 Å². The molecule has 1 heterocycles. The molecule has 1 N–H and O–H groups in total. The van der Waals surface area contributed by atoms with Gasteiger partial charge in [0.15, 0.2) is 0 Å². The minimum atomic E-state index is -0.956. The van der Waals surface area contributed by atoms with Gasteiger partial charge in [-0.25, -0.2) is 9.18 Å². The Hall–Kier alpha value is -3.12. The van der Waals surface area contributed by atoms with Crippen molar-refractivity contribution in [2.24, 2.45) is 0 Å². The molecule has 1 aliphatic heterocycles. The van der Waals surface area contributed by atoms with Gasteiger partial charge in [-0.1, -0.05) is 72.8 Å². The monoisotopic (exact) mass is 477 g/mol. The quantitative estimate of drug-likeness (QED) is 0.421. The SMILES string of the molecule is O=C(O)C1CC(SCCCc2ccc(F)cc2)CN1C(=O)C(c1ccccc1)c1ccccc1. The fourth-order valence-electron chi connectivity index (χ4n) is 4.51. The summed E-state index contributed by atoms with van der Waals surface area (Å²) in [5, 5.41) is 9.96. The third kappa shape index (κ3) is 5.86. The van der Waals surface area contributed by atoms with Gasteiger partial charge < -0.3 is 10.0 Å². The lowest BCUT2D eigenvalue weighted by Crippen LogP contribution is -2.43. The van der Waals surface area contributed by atoms with Crippen LogP contribution in [-0.2, 0) is 16.0 Å². The maximum atomic E-state index is 13.8. The Balaban J connectivity index is 1.44. The van der Waals surface area contributed by atoms with E-state index < -0.39 is 17.9 Å². The van der Waals surface area contributed by atoms with Crippen LogP contribution in [0.3, 0.4) is 0 Å². The molecule has 3 aromatic rings. The van der Waals surface area contributed by atoms with Crippen molar-refractivity contribution in [1.82, 2.24) is 4.90 Å². The van der Waals surface area contributed by atoms with Gasteiger partial charge in [-0.05, 0) is 53.8 Å². The van der Waals surface area contributed by atoms with Crippen LogP contribution < -0.4 is 0 Å². The summed E-state index contributed by atoms with van der Waals surface area (Å²) in [4.78, 5) is 27.4. The minimum absolute atomic E-state index is 0.0745. The number of carboxylic acids is 1. The van der Waals surface area contributed by atoms with Crippen molar-refractivity contribution in [3.05, 3.63) is 107 Å². The lowest BCUT2D eigenvalue weighted by Gasteiger charge is -2.27. The molecule has 0 radical (unpaired) electrons. The van der Waals surface area contributed by atoms with E-state index in [9.17, 15) is 19.1 Å². The number of amides is 1. The van der Waals surface area contributed by atoms with Gasteiger partial charge in [-0.3, -0.25) is 4.79 Å². The first-order valence-electron chi connectivity index (χ1n) is 11.5. The van der Waals surface area contributed by atoms with E-state index in [1.54, 1.807) is 28.8 Å². The average molecular weight is 478 g/mol. The van der Waals surface area contributed by atoms with Crippen LogP contribution in [0.1, 0.15) is 35.4 Å². The zero-order chi connectivity index (χ0) is 23.9. The van der Waals surface area contributed by atoms with Crippen molar-refractivity contribution in [3.8, 4) is 0 Å². The summed E-state index contributed by atoms with van der Waals surface area (Å²) in [7, 11) is 0. The summed E-state index contributed by atoms with van der Waals surface area (Å²) >= 11 is 1.72. The standard InChI is InChI=1S/C28H28FNO3S/c29-23-15-13-20(14-16-23)8-7-17-34-24-18-25(28(32)33)30(19-24)27(31)26(21-9-3-1-4-10-21)22-11-5-2-6-12-22/h1-6,9-16,24-26H,7-8,17-19H2,(H,32,33). The third-order valence-corrected chi connectivity index (χ3v) is 7.56. The Kier molecular flexibility index (Phi) is 8.01. The first kappa shape index (κ1) is 24.0. The van der Waals surface area contributed by atoms with Crippen LogP contribution in [0.2, 0.25) is 0 Å². The number of nitrogens with zero attached hydrogens (tertiary/aromatic N) is 1. The Morgan fingerprint density at radius 3 is 2.09 bits per heavy atom. The molecular formula is C28H28FNO3S. The van der Waals surface area contributed by atoms with Crippen molar-refractivity contribution in [1.29, 1.82) is 0 Å². The summed E-state index contributed by atoms with van der Waals surface area (Å²) in [6.45, 7) is 0.424. The van der Waals surface area contributed by atoms with Crippen molar-refractivity contribution in [3.63, 3.8) is 0 Å². The van der Waals surface area contributed by atoms with E-state index in [0.717, 1.165) is 35.3 Å². The second-order valence-corrected chi connectivity index (χ2v) is 9.97. The Bertz CT molecular complexity index is 1050. The molecule has 4 rings (SSSR count). The second-order valence-electron chi connectivity index (χ2n) is 8.56. The number of halogens is 1. The molecule has 0 spiro atoms. The fourth-order valence-corrected chi connectivity index (χ4v) is 5.74. The molecule has 1 aliphatic rings. The van der Waals surface area contributed by atoms with Crippen LogP contribution in [-0.4, -0.2) is 45.5 Å². The molecular weight excluding hydrogens is 449 g/mol. The average Bonchev–Trinajstić information content (AvgIpc) is 3.29. The van der Waals surface area contributed by atoms with E-state index in [0.29, 0.717) is 13.0 Å². The van der Waals surface area contributed by atoms with Crippen molar-refractivity contribution < 1.29 is 19.1 Å². The first-order valence-corrected chi connectivity index (χ1v) is 12.6. The molecule has 1 fully saturated rings. The number of hydrogen-bond acceptors (Lipinski definition) is 3. The van der Waals surface area contributed by atoms with Gasteiger partial charge in [0.05, 0.1) is 5.92 Å². The Morgan fingerprint density at radius 1 is 0.941 bits per heavy atom. The number of thioether (sulfide) groups is 1. The number of carbonyl (C=O) groups excluding carboxylic acids is 1. The maximum absolute atomic E-state index is 13.8. The molecule has 2 unspecified atom stereocenters. The van der Waals surface area contributed by atoms with Crippen molar-refractivity contribution in [2.75, 3.05) is 12.3 Å². The van der Waals surface area contributed by atoms with E-state index in [1.807, 2.05) is 60.7 Å². The van der Waals surface area contributed by atoms with Crippen molar-refractivity contribution >= 4 is 23.6 Å². The number of rotatable bonds is 9. The lowest BCUT2D eigenvalue weighted by atomic mass is 9.90. The highest BCUT2D eigenvalue weighted by Gasteiger charge is 2.42. The number of aryl methyl sites for hydroxylation is 1. The number of carbonyl (C=O) groups is 2. The molecule has 1 amide bonds. The smallest absolute Gasteiger partial charge is 0.326 e. The highest BCUT2D eigenvalue weighted by atomic mass is 32.2. The zero-order valence-corrected chi connectivity index (χ0v) is 19.7. The first-order chi connectivity index (χ1) is 16.5. The Morgan fingerprint density at radius 2 is 1.53 bits per heavy atom. The van der Waals surface area contributed by atoms with Gasteiger partial charge in [-0.2, -0.15) is 11.8 Å². The molecule has 6 heteroatoms. The minimum Gasteiger partial charge on any atom is -0.480 e. The predicted molar refractivity (Wildman–Crippen MR) is 133 cm³/mol. The zero-order valence-electron chi connectivity index (χ0n) is 18.8. The highest BCUT2D eigenvalue weighted by molar-refractivity contribution is 7.99. The highest BCUT2D eigenvalue weighted by Crippen LogP contribution is 2.34. The van der Waals surface area contributed by atoms with E-state index in [2.05, 4.69) is 0 Å². The molecule has 1 saturated heterocycles. The maximum Gasteiger partial charge on any atom is 0.326 e. The summed E-state index contributed by atoms with van der Waals surface area (Å²) in [5.41, 5.74) is 2.80. The molecule has 0 bridgehead atoms. The molecule has 0 aromatic heterocycles. The van der Waals surface area contributed by atoms with E-state index in [4.69, 9.17) is 0 Å². The van der Waals surface area contributed by atoms with Gasteiger partial charge in [0.1, 0.15) is 11.9 Å². The molecule has 0 aliphatic carbocycles. The van der Waals surface area contributed by atoms with Crippen LogP contribution in [0.25, 0.3) is 0 Å². The predicted octanol–water partition coefficient (Wildman–Crippen LogP) is 5.38. The number of hydrogen-bond donors (Lipinski definition) is 1. The number of benzene rings is 3. The Labute approximate surface area is 203 Å². The molecule has 34 heavy (non-hydrogen) atoms. The molecule has 4 nitrogen and oxygen atoms in total. The number of aliphatic carboxylic acids is 1. The normalized spacial score (nSPS) is 17.8. The molecule has 176 valence electrons. The van der Waals surface area contributed by atoms with Crippen molar-refractivity contribution in [2.45, 2.75) is 36.5 Å². The second kappa shape index (κ2) is 11.3. The topological polar surface area (TPSA) is 57.6 Å².